The first-order valence-corrected chi connectivity index (χ1v) is 19.8. The second kappa shape index (κ2) is 12.4. The van der Waals surface area contributed by atoms with Gasteiger partial charge in [-0.05, 0) is 35.5 Å². The normalized spacial score (nSPS) is 36.7. The Balaban J connectivity index is 1.18. The van der Waals surface area contributed by atoms with Crippen molar-refractivity contribution in [2.45, 2.75) is 49.1 Å². The molecule has 6 N–H and O–H groups in total. The van der Waals surface area contributed by atoms with Gasteiger partial charge in [-0.1, -0.05) is 35.5 Å². The summed E-state index contributed by atoms with van der Waals surface area (Å²) < 4.78 is 50.5. The summed E-state index contributed by atoms with van der Waals surface area (Å²) in [7, 11) is 0. The molecular formula is C22H22Cl3N7O11P2S2. The van der Waals surface area contributed by atoms with Crippen LogP contribution in [0.4, 0.5) is 5.95 Å². The fourth-order valence-corrected chi connectivity index (χ4v) is 9.08. The number of ether oxygens (including phenoxy) is 2. The molecule has 25 heteroatoms. The number of rotatable bonds is 2. The third-order valence-electron chi connectivity index (χ3n) is 7.60. The van der Waals surface area contributed by atoms with E-state index in [0.717, 1.165) is 0 Å². The smallest absolute Gasteiger partial charge is 0.386 e. The fourth-order valence-electron chi connectivity index (χ4n) is 5.55. The molecule has 3 aliphatic heterocycles. The highest BCUT2D eigenvalue weighted by Gasteiger charge is 2.53. The quantitative estimate of drug-likeness (QED) is 0.126. The van der Waals surface area contributed by atoms with Gasteiger partial charge >= 0.3 is 13.5 Å². The molecule has 7 rings (SSSR count). The Morgan fingerprint density at radius 1 is 1.02 bits per heavy atom. The van der Waals surface area contributed by atoms with Crippen LogP contribution in [0, 0.1) is 0 Å². The molecule has 10 atom stereocenters. The van der Waals surface area contributed by atoms with Crippen LogP contribution in [0.25, 0.3) is 22.2 Å². The molecule has 3 saturated heterocycles. The van der Waals surface area contributed by atoms with Gasteiger partial charge in [0, 0.05) is 0 Å². The molecule has 4 aromatic rings. The number of anilines is 1. The molecule has 0 saturated carbocycles. The maximum atomic E-state index is 13.5. The first-order valence-electron chi connectivity index (χ1n) is 13.4. The van der Waals surface area contributed by atoms with Gasteiger partial charge in [0.15, 0.2) is 23.6 Å². The lowest BCUT2D eigenvalue weighted by molar-refractivity contribution is -0.0576. The van der Waals surface area contributed by atoms with Gasteiger partial charge in [-0.15, -0.1) is 0 Å². The number of aliphatic hydroxyl groups excluding tert-OH is 2. The predicted molar refractivity (Wildman–Crippen MR) is 172 cm³/mol. The van der Waals surface area contributed by atoms with Crippen molar-refractivity contribution in [2.75, 3.05) is 18.9 Å². The average Bonchev–Trinajstić information content (AvgIpc) is 3.70. The van der Waals surface area contributed by atoms with Crippen molar-refractivity contribution in [3.63, 3.8) is 0 Å². The molecule has 3 fully saturated rings. The summed E-state index contributed by atoms with van der Waals surface area (Å²) in [5.41, 5.74) is 5.61. The number of fused-ring (bicyclic) bond motifs is 4. The number of hydrogen-bond acceptors (Lipinski definition) is 15. The number of thiol groups is 1. The molecule has 3 aromatic heterocycles. The number of benzene rings is 1. The summed E-state index contributed by atoms with van der Waals surface area (Å²) in [6.45, 7) is -9.71. The Bertz CT molecular complexity index is 2050. The van der Waals surface area contributed by atoms with Crippen molar-refractivity contribution in [1.82, 2.24) is 29.1 Å². The molecule has 0 amide bonds. The second-order valence-electron chi connectivity index (χ2n) is 10.6. The molecule has 18 nitrogen and oxygen atoms in total. The number of hydrogen-bond donors (Lipinski definition) is 6. The van der Waals surface area contributed by atoms with E-state index < -0.39 is 81.4 Å². The fraction of sp³-hybridized carbons (Fsp3) is 0.455. The van der Waals surface area contributed by atoms with Crippen molar-refractivity contribution >= 4 is 101 Å². The molecule has 0 bridgehead atoms. The van der Waals surface area contributed by atoms with Crippen LogP contribution in [-0.2, 0) is 43.9 Å². The highest BCUT2D eigenvalue weighted by atomic mass is 35.5. The van der Waals surface area contributed by atoms with Crippen molar-refractivity contribution < 1.29 is 47.2 Å². The molecule has 3 aliphatic rings. The van der Waals surface area contributed by atoms with E-state index in [4.69, 9.17) is 79.9 Å². The minimum Gasteiger partial charge on any atom is -0.386 e. The van der Waals surface area contributed by atoms with Crippen LogP contribution in [0.15, 0.2) is 23.3 Å². The van der Waals surface area contributed by atoms with Crippen LogP contribution in [0.2, 0.25) is 15.3 Å². The lowest BCUT2D eigenvalue weighted by Gasteiger charge is -2.29. The van der Waals surface area contributed by atoms with Crippen LogP contribution in [-0.4, -0.2) is 94.0 Å². The number of aromatic nitrogens is 6. The maximum Gasteiger partial charge on any atom is 0.386 e. The van der Waals surface area contributed by atoms with Gasteiger partial charge in [-0.3, -0.25) is 32.5 Å². The standard InChI is InChI=1S/C22H22Cl3N7O11P2S2/c23-6-1-8-9(2-7(6)24)32(21(25)28-8)20-14(34)16-11(41-20)4-39-44(36,46)42-15-10(3-38-45(37,47)43-16)40-19(13(15)33)31-5-27-12-17(31)29-22(26)30-18(12)35/h1-2,5,10-11,13-16,19-20,33-34H,3-4H2,(H,36,46)(H,37,47)(H3,26,29,30,35)/t10-,11-,13+,14?,15?,16+,19-,20-,44?,45?/m1/s1. The Morgan fingerprint density at radius 3 is 2.40 bits per heavy atom. The number of imidazole rings is 2. The average molecular weight is 793 g/mol. The van der Waals surface area contributed by atoms with Gasteiger partial charge in [-0.25, -0.2) is 14.5 Å². The lowest BCUT2D eigenvalue weighted by Crippen LogP contribution is -2.38. The number of nitrogens with zero attached hydrogens (tertiary/aromatic N) is 5. The summed E-state index contributed by atoms with van der Waals surface area (Å²) in [6.07, 6.45) is -10.0. The number of nitrogens with one attached hydrogen (secondary N) is 1. The number of nitrogens with two attached hydrogens (primary N) is 1. The third kappa shape index (κ3) is 6.27. The molecule has 0 radical (unpaired) electrons. The van der Waals surface area contributed by atoms with Crippen LogP contribution >= 0.6 is 60.6 Å². The summed E-state index contributed by atoms with van der Waals surface area (Å²) in [5.74, 6) is -0.219. The highest BCUT2D eigenvalue weighted by Crippen LogP contribution is 2.58. The highest BCUT2D eigenvalue weighted by molar-refractivity contribution is 8.44. The van der Waals surface area contributed by atoms with E-state index in [-0.39, 0.29) is 32.4 Å². The Kier molecular flexibility index (Phi) is 8.99. The number of aromatic amines is 1. The number of H-pyrrole nitrogens is 1. The first-order chi connectivity index (χ1) is 22.1. The van der Waals surface area contributed by atoms with E-state index in [1.807, 2.05) is 0 Å². The van der Waals surface area contributed by atoms with Crippen molar-refractivity contribution in [1.29, 1.82) is 0 Å². The topological polar surface area (TPSA) is 241 Å². The summed E-state index contributed by atoms with van der Waals surface area (Å²) in [6, 6.07) is 2.94. The second-order valence-corrected chi connectivity index (χ2v) is 17.4. The molecule has 1 aromatic carbocycles. The van der Waals surface area contributed by atoms with Crippen LogP contribution in [0.3, 0.4) is 0 Å². The predicted octanol–water partition coefficient (Wildman–Crippen LogP) is 2.30. The number of halogens is 3. The third-order valence-corrected chi connectivity index (χ3v) is 11.8. The van der Waals surface area contributed by atoms with E-state index in [2.05, 4.69) is 32.2 Å². The minimum absolute atomic E-state index is 0.0286. The van der Waals surface area contributed by atoms with E-state index in [0.29, 0.717) is 11.0 Å². The Morgan fingerprint density at radius 2 is 1.66 bits per heavy atom. The zero-order chi connectivity index (χ0) is 33.6. The molecular weight excluding hydrogens is 771 g/mol. The lowest BCUT2D eigenvalue weighted by atomic mass is 10.1. The molecule has 47 heavy (non-hydrogen) atoms. The Hall–Kier alpha value is -1.42. The molecule has 0 aliphatic carbocycles. The van der Waals surface area contributed by atoms with E-state index >= 15 is 0 Å². The number of aliphatic hydroxyl groups is 2. The molecule has 254 valence electrons. The van der Waals surface area contributed by atoms with Gasteiger partial charge in [0.25, 0.3) is 5.56 Å². The largest absolute Gasteiger partial charge is 0.386 e. The molecule has 4 unspecified atom stereocenters. The van der Waals surface area contributed by atoms with E-state index in [1.54, 1.807) is 0 Å². The van der Waals surface area contributed by atoms with Gasteiger partial charge in [0.05, 0.1) is 40.6 Å². The summed E-state index contributed by atoms with van der Waals surface area (Å²) >= 11 is 28.0. The van der Waals surface area contributed by atoms with Gasteiger partial charge in [-0.2, -0.15) is 4.98 Å². The first kappa shape index (κ1) is 34.0. The number of nitrogen functional groups attached to an aromatic ring is 1. The monoisotopic (exact) mass is 791 g/mol. The van der Waals surface area contributed by atoms with Gasteiger partial charge < -0.3 is 34.8 Å². The van der Waals surface area contributed by atoms with Crippen molar-refractivity contribution in [3.8, 4) is 0 Å². The SMILES string of the molecule is Nc1nc2c(ncn2[C@@H]2O[C@@H]3COP(O)(=S)O[C@@H]4C(O)[C@H](n5c(Cl)nc6cc(Cl)c(Cl)cc65)O[C@@H]4COP(=O)(S)OC3[C@@H]2O)c(=O)[nH]1. The molecule has 0 spiro atoms. The van der Waals surface area contributed by atoms with Crippen molar-refractivity contribution in [2.24, 2.45) is 0 Å². The van der Waals surface area contributed by atoms with Gasteiger partial charge in [0.1, 0.15) is 36.6 Å². The van der Waals surface area contributed by atoms with Crippen LogP contribution < -0.4 is 11.3 Å². The maximum absolute atomic E-state index is 13.5. The zero-order valence-corrected chi connectivity index (χ0v) is 28.8. The summed E-state index contributed by atoms with van der Waals surface area (Å²) in [4.78, 5) is 37.9. The van der Waals surface area contributed by atoms with E-state index in [1.165, 1.54) is 27.6 Å². The van der Waals surface area contributed by atoms with Crippen LogP contribution in [0.5, 0.6) is 0 Å². The van der Waals surface area contributed by atoms with Crippen molar-refractivity contribution in [3.05, 3.63) is 44.1 Å². The zero-order valence-electron chi connectivity index (χ0n) is 23.1. The van der Waals surface area contributed by atoms with Crippen LogP contribution in [0.1, 0.15) is 12.5 Å². The van der Waals surface area contributed by atoms with Gasteiger partial charge in [0.2, 0.25) is 11.2 Å². The minimum atomic E-state index is -4.35. The van der Waals surface area contributed by atoms with E-state index in [9.17, 15) is 24.5 Å². The summed E-state index contributed by atoms with van der Waals surface area (Å²) in [5, 5.41) is 23.0. The molecule has 6 heterocycles. The Labute approximate surface area is 287 Å².